The molecule has 0 unspecified atom stereocenters. The van der Waals surface area contributed by atoms with Crippen molar-refractivity contribution < 1.29 is 17.0 Å². The van der Waals surface area contributed by atoms with E-state index in [-0.39, 0.29) is 4.90 Å². The van der Waals surface area contributed by atoms with Gasteiger partial charge in [-0.3, -0.25) is 0 Å². The van der Waals surface area contributed by atoms with Crippen LogP contribution in [-0.4, -0.2) is 15.5 Å². The number of rotatable bonds is 5. The number of hydrogen-bond acceptors (Lipinski definition) is 4. The lowest BCUT2D eigenvalue weighted by Crippen LogP contribution is -1.96. The Labute approximate surface area is 173 Å². The SMILES string of the molecule is COc1ccc(-c2c(-c3ccccc3)sc(-c3ccccc3)c2S(=O)(=O)F)cc1. The van der Waals surface area contributed by atoms with Crippen molar-refractivity contribution in [3.8, 4) is 37.8 Å². The van der Waals surface area contributed by atoms with Crippen LogP contribution in [0.3, 0.4) is 0 Å². The Bertz CT molecular complexity index is 1230. The Hall–Kier alpha value is -2.96. The Kier molecular flexibility index (Phi) is 5.22. The van der Waals surface area contributed by atoms with Gasteiger partial charge in [0.05, 0.1) is 12.0 Å². The summed E-state index contributed by atoms with van der Waals surface area (Å²) in [7, 11) is -3.43. The van der Waals surface area contributed by atoms with Gasteiger partial charge in [0.2, 0.25) is 0 Å². The second-order valence-corrected chi connectivity index (χ2v) is 8.67. The molecule has 146 valence electrons. The van der Waals surface area contributed by atoms with Gasteiger partial charge >= 0.3 is 10.2 Å². The van der Waals surface area contributed by atoms with E-state index in [1.54, 1.807) is 55.6 Å². The van der Waals surface area contributed by atoms with E-state index in [2.05, 4.69) is 0 Å². The van der Waals surface area contributed by atoms with Crippen molar-refractivity contribution in [1.82, 2.24) is 0 Å². The van der Waals surface area contributed by atoms with Gasteiger partial charge in [-0.25, -0.2) is 0 Å². The first kappa shape index (κ1) is 19.4. The van der Waals surface area contributed by atoms with Crippen LogP contribution < -0.4 is 4.74 Å². The van der Waals surface area contributed by atoms with Crippen LogP contribution in [0.15, 0.2) is 89.8 Å². The van der Waals surface area contributed by atoms with Gasteiger partial charge in [-0.1, -0.05) is 72.8 Å². The fourth-order valence-electron chi connectivity index (χ4n) is 3.24. The van der Waals surface area contributed by atoms with E-state index in [9.17, 15) is 12.3 Å². The van der Waals surface area contributed by atoms with Gasteiger partial charge in [0, 0.05) is 10.4 Å². The minimum Gasteiger partial charge on any atom is -0.497 e. The summed E-state index contributed by atoms with van der Waals surface area (Å²) >= 11 is 1.27. The molecule has 0 bridgehead atoms. The molecule has 0 radical (unpaired) electrons. The minimum atomic E-state index is -4.98. The molecule has 4 rings (SSSR count). The highest BCUT2D eigenvalue weighted by Crippen LogP contribution is 2.50. The van der Waals surface area contributed by atoms with Crippen LogP contribution in [0.4, 0.5) is 3.89 Å². The fourth-order valence-corrected chi connectivity index (χ4v) is 5.76. The van der Waals surface area contributed by atoms with Gasteiger partial charge in [-0.15, -0.1) is 15.2 Å². The summed E-state index contributed by atoms with van der Waals surface area (Å²) in [5.74, 6) is 0.637. The third-order valence-electron chi connectivity index (χ3n) is 4.56. The second-order valence-electron chi connectivity index (χ2n) is 6.36. The zero-order valence-electron chi connectivity index (χ0n) is 15.5. The van der Waals surface area contributed by atoms with E-state index in [4.69, 9.17) is 4.74 Å². The summed E-state index contributed by atoms with van der Waals surface area (Å²) in [5, 5.41) is 0. The number of halogens is 1. The lowest BCUT2D eigenvalue weighted by Gasteiger charge is -2.08. The highest BCUT2D eigenvalue weighted by Gasteiger charge is 2.30. The average molecular weight is 425 g/mol. The van der Waals surface area contributed by atoms with E-state index in [1.165, 1.54) is 11.3 Å². The summed E-state index contributed by atoms with van der Waals surface area (Å²) in [5.41, 5.74) is 2.46. The lowest BCUT2D eigenvalue weighted by atomic mass is 10.0. The minimum absolute atomic E-state index is 0.294. The average Bonchev–Trinajstić information content (AvgIpc) is 3.16. The van der Waals surface area contributed by atoms with Crippen LogP contribution in [0.2, 0.25) is 0 Å². The molecular formula is C23H17FO3S2. The maximum Gasteiger partial charge on any atom is 0.334 e. The van der Waals surface area contributed by atoms with E-state index >= 15 is 0 Å². The predicted molar refractivity (Wildman–Crippen MR) is 115 cm³/mol. The molecule has 1 aromatic heterocycles. The molecule has 0 saturated heterocycles. The summed E-state index contributed by atoms with van der Waals surface area (Å²) in [6.45, 7) is 0. The van der Waals surface area contributed by atoms with Crippen LogP contribution in [0.1, 0.15) is 0 Å². The first-order chi connectivity index (χ1) is 14.0. The summed E-state index contributed by atoms with van der Waals surface area (Å²) in [4.78, 5) is 0.793. The molecular weight excluding hydrogens is 407 g/mol. The van der Waals surface area contributed by atoms with Crippen molar-refractivity contribution in [2.24, 2.45) is 0 Å². The third-order valence-corrected chi connectivity index (χ3v) is 6.87. The zero-order valence-corrected chi connectivity index (χ0v) is 17.1. The molecule has 0 atom stereocenters. The van der Waals surface area contributed by atoms with Crippen molar-refractivity contribution in [2.45, 2.75) is 4.90 Å². The zero-order chi connectivity index (χ0) is 20.4. The predicted octanol–water partition coefficient (Wildman–Crippen LogP) is 6.42. The summed E-state index contributed by atoms with van der Waals surface area (Å²) in [6, 6.07) is 25.4. The van der Waals surface area contributed by atoms with E-state index in [0.717, 1.165) is 5.56 Å². The molecule has 0 spiro atoms. The molecule has 0 N–H and O–H groups in total. The number of benzene rings is 3. The van der Waals surface area contributed by atoms with Crippen molar-refractivity contribution in [1.29, 1.82) is 0 Å². The molecule has 3 aromatic carbocycles. The van der Waals surface area contributed by atoms with E-state index < -0.39 is 10.2 Å². The topological polar surface area (TPSA) is 43.4 Å². The maximum atomic E-state index is 14.6. The van der Waals surface area contributed by atoms with Gasteiger partial charge in [0.25, 0.3) is 0 Å². The van der Waals surface area contributed by atoms with Crippen molar-refractivity contribution >= 4 is 21.6 Å². The molecule has 1 heterocycles. The molecule has 0 amide bonds. The molecule has 0 saturated carbocycles. The molecule has 6 heteroatoms. The van der Waals surface area contributed by atoms with Gasteiger partial charge < -0.3 is 4.74 Å². The van der Waals surface area contributed by atoms with Crippen LogP contribution in [-0.2, 0) is 10.2 Å². The molecule has 0 aliphatic carbocycles. The Morgan fingerprint density at radius 1 is 0.724 bits per heavy atom. The van der Waals surface area contributed by atoms with Crippen LogP contribution in [0, 0.1) is 0 Å². The molecule has 29 heavy (non-hydrogen) atoms. The highest BCUT2D eigenvalue weighted by molar-refractivity contribution is 7.87. The molecule has 4 aromatic rings. The molecule has 3 nitrogen and oxygen atoms in total. The smallest absolute Gasteiger partial charge is 0.334 e. The normalized spacial score (nSPS) is 11.4. The third kappa shape index (κ3) is 3.81. The quantitative estimate of drug-likeness (QED) is 0.347. The second kappa shape index (κ2) is 7.81. The van der Waals surface area contributed by atoms with Crippen molar-refractivity contribution in [2.75, 3.05) is 7.11 Å². The first-order valence-corrected chi connectivity index (χ1v) is 11.1. The fraction of sp³-hybridized carbons (Fsp3) is 0.0435. The first-order valence-electron chi connectivity index (χ1n) is 8.86. The monoisotopic (exact) mass is 424 g/mol. The van der Waals surface area contributed by atoms with Crippen LogP contribution in [0.5, 0.6) is 5.75 Å². The Morgan fingerprint density at radius 3 is 1.72 bits per heavy atom. The molecule has 0 aliphatic rings. The van der Waals surface area contributed by atoms with Gasteiger partial charge in [-0.2, -0.15) is 8.42 Å². The number of hydrogen-bond donors (Lipinski definition) is 0. The maximum absolute atomic E-state index is 14.6. The molecule has 0 aliphatic heterocycles. The van der Waals surface area contributed by atoms with Crippen LogP contribution >= 0.6 is 11.3 Å². The Balaban J connectivity index is 2.09. The standard InChI is InChI=1S/C23H17FO3S2/c1-27-19-14-12-16(13-15-19)20-21(17-8-4-2-5-9-17)28-22(23(20)29(24,25)26)18-10-6-3-7-11-18/h2-15H,1H3. The van der Waals surface area contributed by atoms with Gasteiger partial charge in [0.1, 0.15) is 10.6 Å². The van der Waals surface area contributed by atoms with Crippen LogP contribution in [0.25, 0.3) is 32.0 Å². The number of thiophene rings is 1. The number of methoxy groups -OCH3 is 1. The van der Waals surface area contributed by atoms with Crippen molar-refractivity contribution in [3.05, 3.63) is 84.9 Å². The summed E-state index contributed by atoms with van der Waals surface area (Å²) < 4.78 is 44.5. The largest absolute Gasteiger partial charge is 0.497 e. The highest BCUT2D eigenvalue weighted by atomic mass is 32.3. The van der Waals surface area contributed by atoms with E-state index in [0.29, 0.717) is 32.2 Å². The lowest BCUT2D eigenvalue weighted by molar-refractivity contribution is 0.415. The molecule has 0 fully saturated rings. The van der Waals surface area contributed by atoms with E-state index in [1.807, 2.05) is 36.4 Å². The van der Waals surface area contributed by atoms with Gasteiger partial charge in [0.15, 0.2) is 0 Å². The van der Waals surface area contributed by atoms with Gasteiger partial charge in [-0.05, 0) is 28.8 Å². The number of ether oxygens (including phenoxy) is 1. The summed E-state index contributed by atoms with van der Waals surface area (Å²) in [6.07, 6.45) is 0. The van der Waals surface area contributed by atoms with Crippen molar-refractivity contribution in [3.63, 3.8) is 0 Å². The Morgan fingerprint density at radius 2 is 1.24 bits per heavy atom.